The van der Waals surface area contributed by atoms with Crippen molar-refractivity contribution in [2.75, 3.05) is 6.54 Å². The summed E-state index contributed by atoms with van der Waals surface area (Å²) in [4.78, 5) is 3.38. The monoisotopic (exact) mass is 368 g/mol. The lowest BCUT2D eigenvalue weighted by atomic mass is 10.1. The highest BCUT2D eigenvalue weighted by molar-refractivity contribution is 6.08. The van der Waals surface area contributed by atoms with E-state index in [0.29, 0.717) is 0 Å². The number of hydrogen-bond donors (Lipinski definition) is 2. The topological polar surface area (TPSA) is 37.3 Å². The van der Waals surface area contributed by atoms with Crippen LogP contribution in [-0.4, -0.2) is 16.1 Å². The van der Waals surface area contributed by atoms with Gasteiger partial charge in [0.05, 0.1) is 6.54 Å². The molecule has 0 aliphatic rings. The number of rotatable bonds is 6. The molecule has 0 saturated heterocycles. The van der Waals surface area contributed by atoms with Gasteiger partial charge in [0, 0.05) is 57.4 Å². The molecule has 0 unspecified atom stereocenters. The number of quaternary nitrogens is 1. The molecule has 28 heavy (non-hydrogen) atoms. The zero-order valence-corrected chi connectivity index (χ0v) is 16.3. The average molecular weight is 369 g/mol. The van der Waals surface area contributed by atoms with Crippen LogP contribution < -0.4 is 5.32 Å². The fourth-order valence-electron chi connectivity index (χ4n) is 4.43. The van der Waals surface area contributed by atoms with Gasteiger partial charge < -0.3 is 14.9 Å². The van der Waals surface area contributed by atoms with E-state index in [1.54, 1.807) is 0 Å². The minimum Gasteiger partial charge on any atom is -0.361 e. The van der Waals surface area contributed by atoms with Crippen molar-refractivity contribution in [3.8, 4) is 0 Å². The van der Waals surface area contributed by atoms with E-state index < -0.39 is 0 Å². The first kappa shape index (κ1) is 17.1. The lowest BCUT2D eigenvalue weighted by Crippen LogP contribution is -2.83. The zero-order chi connectivity index (χ0) is 18.9. The summed E-state index contributed by atoms with van der Waals surface area (Å²) in [5.41, 5.74) is 6.71. The number of fused-ring (bicyclic) bond motifs is 4. The molecule has 0 radical (unpaired) electrons. The second-order valence-electron chi connectivity index (χ2n) is 7.50. The third kappa shape index (κ3) is 2.88. The zero-order valence-electron chi connectivity index (χ0n) is 16.3. The van der Waals surface area contributed by atoms with Gasteiger partial charge in [0.25, 0.3) is 0 Å². The van der Waals surface area contributed by atoms with Crippen molar-refractivity contribution >= 4 is 32.7 Å². The van der Waals surface area contributed by atoms with Crippen LogP contribution in [0.1, 0.15) is 18.1 Å². The van der Waals surface area contributed by atoms with Crippen LogP contribution in [0, 0.1) is 0 Å². The number of benzene rings is 3. The number of nitrogens with two attached hydrogens (primary N) is 1. The molecule has 3 nitrogen and oxygen atoms in total. The van der Waals surface area contributed by atoms with Crippen LogP contribution >= 0.6 is 0 Å². The highest BCUT2D eigenvalue weighted by Gasteiger charge is 2.10. The maximum absolute atomic E-state index is 3.38. The Hall–Kier alpha value is -3.04. The van der Waals surface area contributed by atoms with E-state index in [4.69, 9.17) is 0 Å². The Kier molecular flexibility index (Phi) is 4.38. The third-order valence-corrected chi connectivity index (χ3v) is 5.83. The molecule has 5 rings (SSSR count). The molecule has 3 N–H and O–H groups in total. The number of H-pyrrole nitrogens is 1. The summed E-state index contributed by atoms with van der Waals surface area (Å²) in [6.07, 6.45) is 3.24. The van der Waals surface area contributed by atoms with Gasteiger partial charge >= 0.3 is 0 Å². The lowest BCUT2D eigenvalue weighted by molar-refractivity contribution is -0.670. The molecule has 0 spiro atoms. The summed E-state index contributed by atoms with van der Waals surface area (Å²) in [6.45, 7) is 5.33. The van der Waals surface area contributed by atoms with E-state index >= 15 is 0 Å². The standard InChI is InChI=1S/C25H25N3/c1-2-28-24-10-6-4-8-21(24)22-15-18(11-12-25(22)28)16-26-14-13-19-17-27-23-9-5-3-7-20(19)23/h3-12,15,17,26-27H,2,13-14,16H2,1H3/p+1. The first-order chi connectivity index (χ1) is 13.8. The number of hydrogen-bond acceptors (Lipinski definition) is 0. The minimum absolute atomic E-state index is 1.00. The summed E-state index contributed by atoms with van der Waals surface area (Å²) in [5, 5.41) is 6.51. The van der Waals surface area contributed by atoms with Crippen molar-refractivity contribution in [1.29, 1.82) is 0 Å². The number of para-hydroxylation sites is 2. The maximum atomic E-state index is 3.38. The van der Waals surface area contributed by atoms with Gasteiger partial charge in [-0.3, -0.25) is 0 Å². The van der Waals surface area contributed by atoms with Crippen LogP contribution in [0.4, 0.5) is 0 Å². The summed E-state index contributed by atoms with van der Waals surface area (Å²) in [7, 11) is 0. The van der Waals surface area contributed by atoms with Crippen LogP contribution in [0.3, 0.4) is 0 Å². The molecule has 0 fully saturated rings. The van der Waals surface area contributed by atoms with Crippen LogP contribution in [0.2, 0.25) is 0 Å². The molecule has 140 valence electrons. The van der Waals surface area contributed by atoms with Crippen LogP contribution in [-0.2, 0) is 19.5 Å². The van der Waals surface area contributed by atoms with Gasteiger partial charge in [-0.2, -0.15) is 0 Å². The van der Waals surface area contributed by atoms with Gasteiger partial charge in [0.1, 0.15) is 6.54 Å². The Balaban J connectivity index is 1.32. The molecule has 0 atom stereocenters. The van der Waals surface area contributed by atoms with Crippen molar-refractivity contribution < 1.29 is 5.32 Å². The quantitative estimate of drug-likeness (QED) is 0.411. The molecular formula is C25H26N3+. The Morgan fingerprint density at radius 1 is 0.857 bits per heavy atom. The van der Waals surface area contributed by atoms with E-state index in [9.17, 15) is 0 Å². The second kappa shape index (κ2) is 7.17. The molecule has 0 saturated carbocycles. The van der Waals surface area contributed by atoms with Gasteiger partial charge in [-0.25, -0.2) is 0 Å². The van der Waals surface area contributed by atoms with Gasteiger partial charge in [0.2, 0.25) is 0 Å². The van der Waals surface area contributed by atoms with Crippen LogP contribution in [0.15, 0.2) is 72.9 Å². The normalized spacial score (nSPS) is 11.8. The highest BCUT2D eigenvalue weighted by atomic mass is 15.0. The summed E-state index contributed by atoms with van der Waals surface area (Å²) >= 11 is 0. The van der Waals surface area contributed by atoms with Crippen molar-refractivity contribution in [2.24, 2.45) is 0 Å². The van der Waals surface area contributed by atoms with E-state index in [0.717, 1.165) is 26.1 Å². The van der Waals surface area contributed by atoms with Gasteiger partial charge in [-0.05, 0) is 36.8 Å². The van der Waals surface area contributed by atoms with Gasteiger partial charge in [-0.15, -0.1) is 0 Å². The van der Waals surface area contributed by atoms with Crippen molar-refractivity contribution in [1.82, 2.24) is 9.55 Å². The summed E-state index contributed by atoms with van der Waals surface area (Å²) < 4.78 is 2.41. The largest absolute Gasteiger partial charge is 0.361 e. The fourth-order valence-corrected chi connectivity index (χ4v) is 4.43. The Bertz CT molecular complexity index is 1260. The van der Waals surface area contributed by atoms with Crippen molar-refractivity contribution in [3.05, 3.63) is 84.1 Å². The predicted octanol–water partition coefficient (Wildman–Crippen LogP) is 4.60. The second-order valence-corrected chi connectivity index (χ2v) is 7.50. The average Bonchev–Trinajstić information content (AvgIpc) is 3.30. The van der Waals surface area contributed by atoms with Crippen LogP contribution in [0.5, 0.6) is 0 Å². The molecule has 2 aromatic heterocycles. The minimum atomic E-state index is 1.00. The van der Waals surface area contributed by atoms with E-state index in [-0.39, 0.29) is 0 Å². The number of nitrogens with one attached hydrogen (secondary N) is 1. The lowest BCUT2D eigenvalue weighted by Gasteiger charge is -2.05. The molecule has 3 aromatic carbocycles. The maximum Gasteiger partial charge on any atom is 0.101 e. The summed E-state index contributed by atoms with van der Waals surface area (Å²) in [6, 6.07) is 24.3. The Morgan fingerprint density at radius 3 is 2.54 bits per heavy atom. The first-order valence-electron chi connectivity index (χ1n) is 10.2. The Labute approximate surface area is 165 Å². The molecule has 0 bridgehead atoms. The van der Waals surface area contributed by atoms with Crippen LogP contribution in [0.25, 0.3) is 32.7 Å². The predicted molar refractivity (Wildman–Crippen MR) is 118 cm³/mol. The van der Waals surface area contributed by atoms with E-state index in [1.807, 2.05) is 0 Å². The molecule has 3 heteroatoms. The number of nitrogens with zero attached hydrogens (tertiary/aromatic N) is 1. The third-order valence-electron chi connectivity index (χ3n) is 5.83. The molecule has 0 aliphatic heterocycles. The fraction of sp³-hybridized carbons (Fsp3) is 0.200. The van der Waals surface area contributed by atoms with Crippen molar-refractivity contribution in [3.63, 3.8) is 0 Å². The molecule has 0 aliphatic carbocycles. The van der Waals surface area contributed by atoms with E-state index in [2.05, 4.69) is 94.7 Å². The van der Waals surface area contributed by atoms with Crippen molar-refractivity contribution in [2.45, 2.75) is 26.4 Å². The van der Waals surface area contributed by atoms with Gasteiger partial charge in [-0.1, -0.05) is 42.5 Å². The molecule has 2 heterocycles. The SMILES string of the molecule is CCn1c2ccccc2c2cc(C[NH2+]CCc3c[nH]c4ccccc34)ccc21. The summed E-state index contributed by atoms with van der Waals surface area (Å²) in [5.74, 6) is 0. The Morgan fingerprint density at radius 2 is 1.64 bits per heavy atom. The molecule has 0 amide bonds. The smallest absolute Gasteiger partial charge is 0.101 e. The van der Waals surface area contributed by atoms with E-state index in [1.165, 1.54) is 43.8 Å². The number of aryl methyl sites for hydroxylation is 1. The number of aromatic amines is 1. The van der Waals surface area contributed by atoms with Gasteiger partial charge in [0.15, 0.2) is 0 Å². The highest BCUT2D eigenvalue weighted by Crippen LogP contribution is 2.29. The molecule has 5 aromatic rings. The number of aromatic nitrogens is 2. The molecular weight excluding hydrogens is 342 g/mol. The first-order valence-corrected chi connectivity index (χ1v) is 10.2.